The monoisotopic (exact) mass is 443 g/mol. The molecule has 1 saturated heterocycles. The first-order valence-corrected chi connectivity index (χ1v) is 12.3. The van der Waals surface area contributed by atoms with E-state index in [1.54, 1.807) is 0 Å². The van der Waals surface area contributed by atoms with Crippen LogP contribution in [0.4, 0.5) is 0 Å². The molecule has 1 rings (SSSR count). The van der Waals surface area contributed by atoms with Crippen LogP contribution >= 0.6 is 0 Å². The van der Waals surface area contributed by atoms with Gasteiger partial charge in [-0.2, -0.15) is 0 Å². The molecule has 1 amide bonds. The number of aliphatic hydroxyl groups excluding tert-OH is 4. The number of hydrogen-bond donors (Lipinski definition) is 5. The predicted octanol–water partition coefficient (Wildman–Crippen LogP) is 2.94. The van der Waals surface area contributed by atoms with Crippen molar-refractivity contribution < 1.29 is 30.0 Å². The molecule has 0 aromatic heterocycles. The van der Waals surface area contributed by atoms with Crippen molar-refractivity contribution in [1.29, 1.82) is 0 Å². The average molecular weight is 444 g/mol. The van der Waals surface area contributed by atoms with Crippen molar-refractivity contribution in [3.05, 3.63) is 12.2 Å². The van der Waals surface area contributed by atoms with E-state index in [0.29, 0.717) is 6.42 Å². The van der Waals surface area contributed by atoms with E-state index in [1.807, 2.05) is 0 Å². The third kappa shape index (κ3) is 12.0. The van der Waals surface area contributed by atoms with Gasteiger partial charge in [-0.25, -0.2) is 0 Å². The maximum Gasteiger partial charge on any atom is 0.222 e. The van der Waals surface area contributed by atoms with Crippen LogP contribution in [0.25, 0.3) is 0 Å². The molecule has 0 bridgehead atoms. The predicted molar refractivity (Wildman–Crippen MR) is 121 cm³/mol. The molecule has 1 aliphatic rings. The number of carbonyl (C=O) groups is 1. The van der Waals surface area contributed by atoms with Crippen LogP contribution in [0, 0.1) is 0 Å². The van der Waals surface area contributed by atoms with Crippen LogP contribution in [-0.2, 0) is 9.53 Å². The lowest BCUT2D eigenvalue weighted by molar-refractivity contribution is -0.236. The van der Waals surface area contributed by atoms with E-state index in [1.165, 1.54) is 64.2 Å². The van der Waals surface area contributed by atoms with E-state index in [-0.39, 0.29) is 5.91 Å². The number of carbonyl (C=O) groups excluding carboxylic acids is 1. The third-order valence-corrected chi connectivity index (χ3v) is 5.86. The summed E-state index contributed by atoms with van der Waals surface area (Å²) in [6, 6.07) is 0. The van der Waals surface area contributed by atoms with Gasteiger partial charge in [0.25, 0.3) is 0 Å². The van der Waals surface area contributed by atoms with Gasteiger partial charge in [0, 0.05) is 6.42 Å². The molecule has 7 heteroatoms. The highest BCUT2D eigenvalue weighted by Gasteiger charge is 2.43. The van der Waals surface area contributed by atoms with Crippen LogP contribution < -0.4 is 5.32 Å². The molecule has 0 radical (unpaired) electrons. The zero-order chi connectivity index (χ0) is 22.9. The van der Waals surface area contributed by atoms with Crippen molar-refractivity contribution in [2.45, 2.75) is 127 Å². The minimum atomic E-state index is -1.47. The second-order valence-electron chi connectivity index (χ2n) is 8.65. The van der Waals surface area contributed by atoms with E-state index in [9.17, 15) is 25.2 Å². The standard InChI is InChI=1S/C24H45NO6/c1-2-3-4-5-6-7-8-9-10-11-12-13-14-15-16-17-20(27)25-24-23(30)22(29)21(28)19(18-26)31-24/h7-8,19,21-24,26,28-30H,2-6,9-18H2,1H3,(H,25,27)/b8-7-/t19?,21-,22-,23?,24+/m0/s1. The normalized spacial score (nSPS) is 26.4. The summed E-state index contributed by atoms with van der Waals surface area (Å²) in [7, 11) is 0. The summed E-state index contributed by atoms with van der Waals surface area (Å²) >= 11 is 0. The summed E-state index contributed by atoms with van der Waals surface area (Å²) in [6.45, 7) is 1.73. The molecule has 5 atom stereocenters. The molecule has 7 nitrogen and oxygen atoms in total. The zero-order valence-electron chi connectivity index (χ0n) is 19.3. The molecule has 1 aliphatic heterocycles. The summed E-state index contributed by atoms with van der Waals surface area (Å²) in [5.41, 5.74) is 0. The van der Waals surface area contributed by atoms with Gasteiger partial charge in [0.15, 0.2) is 6.23 Å². The highest BCUT2D eigenvalue weighted by atomic mass is 16.6. The maximum absolute atomic E-state index is 12.1. The van der Waals surface area contributed by atoms with Crippen LogP contribution in [0.3, 0.4) is 0 Å². The Balaban J connectivity index is 1.98. The molecule has 0 aliphatic carbocycles. The summed E-state index contributed by atoms with van der Waals surface area (Å²) in [4.78, 5) is 12.1. The van der Waals surface area contributed by atoms with Crippen molar-refractivity contribution in [3.63, 3.8) is 0 Å². The Morgan fingerprint density at radius 2 is 1.35 bits per heavy atom. The Hall–Kier alpha value is -0.990. The molecular formula is C24H45NO6. The highest BCUT2D eigenvalue weighted by Crippen LogP contribution is 2.20. The Bertz CT molecular complexity index is 485. The van der Waals surface area contributed by atoms with Gasteiger partial charge in [-0.3, -0.25) is 4.79 Å². The van der Waals surface area contributed by atoms with Gasteiger partial charge in [-0.05, 0) is 32.1 Å². The van der Waals surface area contributed by atoms with Crippen molar-refractivity contribution in [1.82, 2.24) is 5.32 Å². The van der Waals surface area contributed by atoms with Crippen LogP contribution in [0.5, 0.6) is 0 Å². The average Bonchev–Trinajstić information content (AvgIpc) is 2.76. The summed E-state index contributed by atoms with van der Waals surface area (Å²) in [5, 5.41) is 41.2. The van der Waals surface area contributed by atoms with Crippen LogP contribution in [0.1, 0.15) is 96.8 Å². The smallest absolute Gasteiger partial charge is 0.222 e. The van der Waals surface area contributed by atoms with Gasteiger partial charge in [0.05, 0.1) is 6.61 Å². The lowest BCUT2D eigenvalue weighted by atomic mass is 9.98. The number of rotatable bonds is 17. The maximum atomic E-state index is 12.1. The van der Waals surface area contributed by atoms with Gasteiger partial charge in [0.1, 0.15) is 24.4 Å². The highest BCUT2D eigenvalue weighted by molar-refractivity contribution is 5.76. The number of nitrogens with one attached hydrogen (secondary N) is 1. The number of hydrogen-bond acceptors (Lipinski definition) is 6. The summed E-state index contributed by atoms with van der Waals surface area (Å²) < 4.78 is 5.28. The second kappa shape index (κ2) is 17.6. The van der Waals surface area contributed by atoms with Crippen molar-refractivity contribution in [2.24, 2.45) is 0 Å². The third-order valence-electron chi connectivity index (χ3n) is 5.86. The van der Waals surface area contributed by atoms with Crippen LogP contribution in [-0.4, -0.2) is 63.6 Å². The van der Waals surface area contributed by atoms with Crippen LogP contribution in [0.2, 0.25) is 0 Å². The topological polar surface area (TPSA) is 119 Å². The molecule has 2 unspecified atom stereocenters. The first-order valence-electron chi connectivity index (χ1n) is 12.3. The number of ether oxygens (including phenoxy) is 1. The molecule has 1 heterocycles. The van der Waals surface area contributed by atoms with E-state index < -0.39 is 37.3 Å². The lowest BCUT2D eigenvalue weighted by Crippen LogP contribution is -2.63. The summed E-state index contributed by atoms with van der Waals surface area (Å²) in [5.74, 6) is -0.272. The van der Waals surface area contributed by atoms with Gasteiger partial charge in [-0.15, -0.1) is 0 Å². The Morgan fingerprint density at radius 1 is 0.806 bits per heavy atom. The molecule has 0 saturated carbocycles. The van der Waals surface area contributed by atoms with Crippen molar-refractivity contribution in [2.75, 3.05) is 6.61 Å². The number of unbranched alkanes of at least 4 members (excludes halogenated alkanes) is 11. The Labute approximate surface area is 187 Å². The fraction of sp³-hybridized carbons (Fsp3) is 0.875. The van der Waals surface area contributed by atoms with Crippen molar-refractivity contribution in [3.8, 4) is 0 Å². The number of aliphatic hydroxyl groups is 4. The Kier molecular flexibility index (Phi) is 15.9. The molecule has 5 N–H and O–H groups in total. The minimum absolute atomic E-state index is 0.272. The molecular weight excluding hydrogens is 398 g/mol. The largest absolute Gasteiger partial charge is 0.394 e. The fourth-order valence-corrected chi connectivity index (χ4v) is 3.81. The van der Waals surface area contributed by atoms with Crippen molar-refractivity contribution >= 4 is 5.91 Å². The molecule has 31 heavy (non-hydrogen) atoms. The lowest BCUT2D eigenvalue weighted by Gasteiger charge is -2.40. The number of amides is 1. The Morgan fingerprint density at radius 3 is 1.94 bits per heavy atom. The minimum Gasteiger partial charge on any atom is -0.394 e. The van der Waals surface area contributed by atoms with Gasteiger partial charge in [0.2, 0.25) is 5.91 Å². The SMILES string of the molecule is CCCCCC/C=C\CCCCCCCCCC(=O)N[C@@H]1OC(CO)[C@H](O)[C@H](O)C1O. The number of allylic oxidation sites excluding steroid dienone is 2. The van der Waals surface area contributed by atoms with E-state index in [2.05, 4.69) is 24.4 Å². The molecule has 182 valence electrons. The quantitative estimate of drug-likeness (QED) is 0.174. The van der Waals surface area contributed by atoms with E-state index >= 15 is 0 Å². The molecule has 0 aromatic rings. The van der Waals surface area contributed by atoms with E-state index in [4.69, 9.17) is 4.74 Å². The van der Waals surface area contributed by atoms with Gasteiger partial charge < -0.3 is 30.5 Å². The first kappa shape index (κ1) is 28.0. The molecule has 0 aromatic carbocycles. The zero-order valence-corrected chi connectivity index (χ0v) is 19.3. The van der Waals surface area contributed by atoms with Gasteiger partial charge >= 0.3 is 0 Å². The van der Waals surface area contributed by atoms with Gasteiger partial charge in [-0.1, -0.05) is 70.4 Å². The first-order chi connectivity index (χ1) is 15.0. The molecule has 1 fully saturated rings. The molecule has 0 spiro atoms. The fourth-order valence-electron chi connectivity index (χ4n) is 3.81. The van der Waals surface area contributed by atoms with Crippen LogP contribution in [0.15, 0.2) is 12.2 Å². The second-order valence-corrected chi connectivity index (χ2v) is 8.65. The van der Waals surface area contributed by atoms with E-state index in [0.717, 1.165) is 19.3 Å². The summed E-state index contributed by atoms with van der Waals surface area (Å²) in [6.07, 6.45) is 13.9.